The summed E-state index contributed by atoms with van der Waals surface area (Å²) >= 11 is 0. The Labute approximate surface area is 152 Å². The number of likely N-dealkylation sites (tertiary alicyclic amines) is 1. The normalized spacial score (nSPS) is 14.9. The van der Waals surface area contributed by atoms with E-state index in [1.54, 1.807) is 19.1 Å². The predicted molar refractivity (Wildman–Crippen MR) is 96.6 cm³/mol. The minimum atomic E-state index is -0.857. The highest BCUT2D eigenvalue weighted by atomic mass is 16.5. The van der Waals surface area contributed by atoms with Crippen LogP contribution >= 0.6 is 0 Å². The van der Waals surface area contributed by atoms with Gasteiger partial charge in [0.25, 0.3) is 0 Å². The van der Waals surface area contributed by atoms with Gasteiger partial charge in [0.15, 0.2) is 5.78 Å². The summed E-state index contributed by atoms with van der Waals surface area (Å²) < 4.78 is 5.78. The van der Waals surface area contributed by atoms with Crippen molar-refractivity contribution in [3.63, 3.8) is 0 Å². The smallest absolute Gasteiger partial charge is 0.407 e. The molecule has 1 aromatic carbocycles. The van der Waals surface area contributed by atoms with Crippen LogP contribution in [0.2, 0.25) is 0 Å². The third kappa shape index (κ3) is 4.39. The zero-order chi connectivity index (χ0) is 18.5. The lowest BCUT2D eigenvalue weighted by Gasteiger charge is -2.29. The molecule has 0 unspecified atom stereocenters. The highest BCUT2D eigenvalue weighted by Crippen LogP contribution is 2.28. The van der Waals surface area contributed by atoms with Gasteiger partial charge in [-0.2, -0.15) is 0 Å². The van der Waals surface area contributed by atoms with Crippen LogP contribution in [0, 0.1) is 0 Å². The molecule has 3 rings (SSSR count). The van der Waals surface area contributed by atoms with Gasteiger partial charge in [-0.15, -0.1) is 0 Å². The van der Waals surface area contributed by atoms with Gasteiger partial charge in [0.05, 0.1) is 0 Å². The second-order valence-corrected chi connectivity index (χ2v) is 6.49. The molecule has 0 bridgehead atoms. The number of nitrogens with zero attached hydrogens (tertiary/aromatic N) is 2. The maximum atomic E-state index is 11.3. The first kappa shape index (κ1) is 17.9. The number of hydrogen-bond acceptors (Lipinski definition) is 4. The van der Waals surface area contributed by atoms with Crippen LogP contribution in [-0.4, -0.2) is 40.0 Å². The molecule has 1 aliphatic rings. The van der Waals surface area contributed by atoms with E-state index in [0.717, 1.165) is 24.1 Å². The molecule has 0 atom stereocenters. The van der Waals surface area contributed by atoms with Crippen LogP contribution in [0.5, 0.6) is 5.88 Å². The van der Waals surface area contributed by atoms with E-state index in [4.69, 9.17) is 9.84 Å². The molecule has 0 saturated carbocycles. The second-order valence-electron chi connectivity index (χ2n) is 6.49. The molecule has 0 spiro atoms. The highest BCUT2D eigenvalue weighted by molar-refractivity contribution is 5.93. The van der Waals surface area contributed by atoms with Crippen molar-refractivity contribution in [1.29, 1.82) is 0 Å². The molecule has 1 fully saturated rings. The van der Waals surface area contributed by atoms with Crippen molar-refractivity contribution in [1.82, 2.24) is 9.88 Å². The fourth-order valence-corrected chi connectivity index (χ4v) is 3.10. The summed E-state index contributed by atoms with van der Waals surface area (Å²) in [7, 11) is 0. The van der Waals surface area contributed by atoms with E-state index < -0.39 is 6.09 Å². The number of carbonyl (C=O) groups excluding carboxylic acids is 1. The number of pyridine rings is 1. The summed E-state index contributed by atoms with van der Waals surface area (Å²) in [5.74, 6) is 0.851. The molecule has 0 aliphatic carbocycles. The fourth-order valence-electron chi connectivity index (χ4n) is 3.10. The number of carboxylic acid groups (broad SMARTS) is 1. The van der Waals surface area contributed by atoms with Gasteiger partial charge in [0, 0.05) is 36.3 Å². The Morgan fingerprint density at radius 1 is 1.15 bits per heavy atom. The van der Waals surface area contributed by atoms with Gasteiger partial charge in [-0.25, -0.2) is 9.78 Å². The summed E-state index contributed by atoms with van der Waals surface area (Å²) in [6, 6.07) is 13.0. The van der Waals surface area contributed by atoms with Crippen LogP contribution in [0.1, 0.15) is 47.3 Å². The fraction of sp³-hybridized carbons (Fsp3) is 0.350. The van der Waals surface area contributed by atoms with Gasteiger partial charge in [0.2, 0.25) is 5.88 Å². The first-order valence-electron chi connectivity index (χ1n) is 8.70. The van der Waals surface area contributed by atoms with E-state index in [-0.39, 0.29) is 11.7 Å². The van der Waals surface area contributed by atoms with Gasteiger partial charge in [-0.3, -0.25) is 4.79 Å². The van der Waals surface area contributed by atoms with Crippen LogP contribution in [-0.2, 0) is 6.61 Å². The van der Waals surface area contributed by atoms with Gasteiger partial charge in [0.1, 0.15) is 6.61 Å². The molecule has 136 valence electrons. The topological polar surface area (TPSA) is 79.7 Å². The van der Waals surface area contributed by atoms with E-state index in [9.17, 15) is 9.59 Å². The Morgan fingerprint density at radius 3 is 2.46 bits per heavy atom. The molecule has 1 aromatic heterocycles. The lowest BCUT2D eigenvalue weighted by molar-refractivity contribution is 0.101. The van der Waals surface area contributed by atoms with Crippen molar-refractivity contribution in [3.05, 3.63) is 59.3 Å². The minimum Gasteiger partial charge on any atom is -0.473 e. The minimum absolute atomic E-state index is 0.0424. The summed E-state index contributed by atoms with van der Waals surface area (Å²) in [6.45, 7) is 3.00. The molecule has 1 saturated heterocycles. The number of ketones is 1. The molecule has 2 heterocycles. The molecule has 26 heavy (non-hydrogen) atoms. The van der Waals surface area contributed by atoms with Gasteiger partial charge in [-0.05, 0) is 31.4 Å². The van der Waals surface area contributed by atoms with Crippen LogP contribution < -0.4 is 4.74 Å². The maximum absolute atomic E-state index is 11.3. The first-order chi connectivity index (χ1) is 12.5. The third-order valence-electron chi connectivity index (χ3n) is 4.68. The lowest BCUT2D eigenvalue weighted by atomic mass is 9.93. The molecular weight excluding hydrogens is 332 g/mol. The Balaban J connectivity index is 1.59. The quantitative estimate of drug-likeness (QED) is 0.828. The number of ether oxygens (including phenoxy) is 1. The molecule has 1 N–H and O–H groups in total. The number of hydrogen-bond donors (Lipinski definition) is 1. The first-order valence-corrected chi connectivity index (χ1v) is 8.70. The second kappa shape index (κ2) is 7.99. The van der Waals surface area contributed by atoms with E-state index >= 15 is 0 Å². The van der Waals surface area contributed by atoms with Crippen molar-refractivity contribution in [2.75, 3.05) is 13.1 Å². The summed E-state index contributed by atoms with van der Waals surface area (Å²) in [4.78, 5) is 28.3. The van der Waals surface area contributed by atoms with Crippen molar-refractivity contribution >= 4 is 11.9 Å². The standard InChI is InChI=1S/C20H22N2O4/c1-14(23)16-7-5-15(6-8-16)13-26-19-4-2-3-18(21-19)17-9-11-22(12-10-17)20(24)25/h2-8,17H,9-13H2,1H3,(H,24,25). The zero-order valence-corrected chi connectivity index (χ0v) is 14.7. The average Bonchev–Trinajstić information content (AvgIpc) is 2.67. The maximum Gasteiger partial charge on any atom is 0.407 e. The zero-order valence-electron chi connectivity index (χ0n) is 14.7. The molecular formula is C20H22N2O4. The predicted octanol–water partition coefficient (Wildman–Crippen LogP) is 3.72. The summed E-state index contributed by atoms with van der Waals surface area (Å²) in [5, 5.41) is 9.04. The van der Waals surface area contributed by atoms with Crippen LogP contribution in [0.25, 0.3) is 0 Å². The summed E-state index contributed by atoms with van der Waals surface area (Å²) in [5.41, 5.74) is 2.60. The van der Waals surface area contributed by atoms with E-state index in [1.165, 1.54) is 4.90 Å². The highest BCUT2D eigenvalue weighted by Gasteiger charge is 2.24. The number of benzene rings is 1. The van der Waals surface area contributed by atoms with Crippen molar-refractivity contribution in [2.45, 2.75) is 32.3 Å². The van der Waals surface area contributed by atoms with Crippen LogP contribution in [0.3, 0.4) is 0 Å². The monoisotopic (exact) mass is 354 g/mol. The number of amides is 1. The number of aromatic nitrogens is 1. The number of carbonyl (C=O) groups is 2. The summed E-state index contributed by atoms with van der Waals surface area (Å²) in [6.07, 6.45) is 0.689. The largest absolute Gasteiger partial charge is 0.473 e. The Hall–Kier alpha value is -2.89. The molecule has 6 nitrogen and oxygen atoms in total. The van der Waals surface area contributed by atoms with Gasteiger partial charge < -0.3 is 14.7 Å². The number of piperidine rings is 1. The van der Waals surface area contributed by atoms with Crippen LogP contribution in [0.4, 0.5) is 4.79 Å². The number of Topliss-reactive ketones (excluding diaryl/α,β-unsaturated/α-hetero) is 1. The molecule has 6 heteroatoms. The van der Waals surface area contributed by atoms with Crippen molar-refractivity contribution in [3.8, 4) is 5.88 Å². The van der Waals surface area contributed by atoms with Crippen molar-refractivity contribution < 1.29 is 19.4 Å². The average molecular weight is 354 g/mol. The van der Waals surface area contributed by atoms with E-state index in [2.05, 4.69) is 4.98 Å². The Morgan fingerprint density at radius 2 is 1.85 bits per heavy atom. The molecule has 2 aromatic rings. The molecule has 0 radical (unpaired) electrons. The molecule has 1 aliphatic heterocycles. The Kier molecular flexibility index (Phi) is 5.51. The van der Waals surface area contributed by atoms with Crippen molar-refractivity contribution in [2.24, 2.45) is 0 Å². The third-order valence-corrected chi connectivity index (χ3v) is 4.68. The van der Waals surface area contributed by atoms with Gasteiger partial charge >= 0.3 is 6.09 Å². The SMILES string of the molecule is CC(=O)c1ccc(COc2cccc(C3CCN(C(=O)O)CC3)n2)cc1. The molecule has 1 amide bonds. The lowest BCUT2D eigenvalue weighted by Crippen LogP contribution is -2.36. The van der Waals surface area contributed by atoms with Crippen LogP contribution in [0.15, 0.2) is 42.5 Å². The number of rotatable bonds is 5. The Bertz CT molecular complexity index is 781. The van der Waals surface area contributed by atoms with E-state index in [1.807, 2.05) is 30.3 Å². The van der Waals surface area contributed by atoms with E-state index in [0.29, 0.717) is 31.1 Å². The van der Waals surface area contributed by atoms with Gasteiger partial charge in [-0.1, -0.05) is 30.3 Å².